The summed E-state index contributed by atoms with van der Waals surface area (Å²) in [5.41, 5.74) is 0.862. The molecule has 0 bridgehead atoms. The molecule has 8 nitrogen and oxygen atoms in total. The standard InChI is InChI=1S/C22H27N5O3/c1-26(2)14-8-10-27(11-9-14)19-7-5-6-16(23-19)21-24-17-12-15(29-3)13-18(30-4)20(17)22(28)25-21/h5-7,12-14H,8-11H2,1-4H3,(H,24,25,28). The average Bonchev–Trinajstić information content (AvgIpc) is 2.78. The number of nitrogens with zero attached hydrogens (tertiary/aromatic N) is 4. The summed E-state index contributed by atoms with van der Waals surface area (Å²) in [5, 5.41) is 0.393. The van der Waals surface area contributed by atoms with E-state index in [-0.39, 0.29) is 5.56 Å². The number of benzene rings is 1. The first-order valence-electron chi connectivity index (χ1n) is 10.0. The number of anilines is 1. The largest absolute Gasteiger partial charge is 0.497 e. The van der Waals surface area contributed by atoms with E-state index in [1.807, 2.05) is 18.2 Å². The molecular weight excluding hydrogens is 382 g/mol. The van der Waals surface area contributed by atoms with Crippen molar-refractivity contribution in [2.24, 2.45) is 0 Å². The van der Waals surface area contributed by atoms with Crippen LogP contribution in [0.15, 0.2) is 35.1 Å². The lowest BCUT2D eigenvalue weighted by Crippen LogP contribution is -2.42. The molecule has 2 aromatic heterocycles. The summed E-state index contributed by atoms with van der Waals surface area (Å²) < 4.78 is 10.7. The second kappa shape index (κ2) is 8.31. The summed E-state index contributed by atoms with van der Waals surface area (Å²) in [6.07, 6.45) is 2.20. The maximum atomic E-state index is 12.8. The summed E-state index contributed by atoms with van der Waals surface area (Å²) in [7, 11) is 7.35. The van der Waals surface area contributed by atoms with Gasteiger partial charge in [-0.15, -0.1) is 0 Å². The van der Waals surface area contributed by atoms with Crippen molar-refractivity contribution in [1.29, 1.82) is 0 Å². The van der Waals surface area contributed by atoms with Gasteiger partial charge >= 0.3 is 0 Å². The Morgan fingerprint density at radius 3 is 2.53 bits per heavy atom. The van der Waals surface area contributed by atoms with E-state index in [1.165, 1.54) is 7.11 Å². The zero-order valence-corrected chi connectivity index (χ0v) is 17.8. The van der Waals surface area contributed by atoms with E-state index in [0.29, 0.717) is 40.0 Å². The molecule has 0 saturated carbocycles. The van der Waals surface area contributed by atoms with Gasteiger partial charge in [0.05, 0.1) is 19.7 Å². The van der Waals surface area contributed by atoms with Gasteiger partial charge < -0.3 is 24.3 Å². The molecule has 8 heteroatoms. The molecule has 0 radical (unpaired) electrons. The van der Waals surface area contributed by atoms with E-state index in [1.54, 1.807) is 19.2 Å². The van der Waals surface area contributed by atoms with Crippen molar-refractivity contribution in [1.82, 2.24) is 19.9 Å². The highest BCUT2D eigenvalue weighted by molar-refractivity contribution is 5.87. The van der Waals surface area contributed by atoms with Gasteiger partial charge in [0.15, 0.2) is 5.82 Å². The number of fused-ring (bicyclic) bond motifs is 1. The third kappa shape index (κ3) is 3.82. The minimum Gasteiger partial charge on any atom is -0.497 e. The molecule has 1 aliphatic heterocycles. The molecule has 158 valence electrons. The van der Waals surface area contributed by atoms with Crippen LogP contribution in [0.3, 0.4) is 0 Å². The van der Waals surface area contributed by atoms with Gasteiger partial charge in [0, 0.05) is 31.3 Å². The number of piperidine rings is 1. The predicted molar refractivity (Wildman–Crippen MR) is 118 cm³/mol. The Balaban J connectivity index is 1.69. The van der Waals surface area contributed by atoms with Crippen molar-refractivity contribution < 1.29 is 9.47 Å². The van der Waals surface area contributed by atoms with Crippen LogP contribution in [0.2, 0.25) is 0 Å². The molecule has 0 amide bonds. The second-order valence-electron chi connectivity index (χ2n) is 7.70. The molecule has 1 saturated heterocycles. The van der Waals surface area contributed by atoms with Gasteiger partial charge in [-0.25, -0.2) is 9.97 Å². The van der Waals surface area contributed by atoms with Crippen LogP contribution in [0.25, 0.3) is 22.4 Å². The predicted octanol–water partition coefficient (Wildman–Crippen LogP) is 2.53. The smallest absolute Gasteiger partial charge is 0.262 e. The Bertz CT molecular complexity index is 1100. The van der Waals surface area contributed by atoms with Gasteiger partial charge in [-0.2, -0.15) is 0 Å². The maximum Gasteiger partial charge on any atom is 0.262 e. The second-order valence-corrected chi connectivity index (χ2v) is 7.70. The Kier molecular flexibility index (Phi) is 5.59. The normalized spacial score (nSPS) is 15.0. The molecule has 3 heterocycles. The lowest BCUT2D eigenvalue weighted by molar-refractivity contribution is 0.249. The number of hydrogen-bond donors (Lipinski definition) is 1. The molecule has 1 aromatic carbocycles. The number of H-pyrrole nitrogens is 1. The fourth-order valence-electron chi connectivity index (χ4n) is 3.95. The Hall–Kier alpha value is -3.13. The van der Waals surface area contributed by atoms with E-state index in [0.717, 1.165) is 31.7 Å². The van der Waals surface area contributed by atoms with Crippen LogP contribution in [0.5, 0.6) is 11.5 Å². The molecule has 1 aliphatic rings. The van der Waals surface area contributed by atoms with Crippen molar-refractivity contribution >= 4 is 16.7 Å². The number of aromatic nitrogens is 3. The highest BCUT2D eigenvalue weighted by Crippen LogP contribution is 2.29. The highest BCUT2D eigenvalue weighted by Gasteiger charge is 2.22. The minimum atomic E-state index is -0.270. The average molecular weight is 409 g/mol. The lowest BCUT2D eigenvalue weighted by atomic mass is 10.0. The number of methoxy groups -OCH3 is 2. The van der Waals surface area contributed by atoms with Gasteiger partial charge in [-0.3, -0.25) is 4.79 Å². The van der Waals surface area contributed by atoms with Gasteiger partial charge in [0.2, 0.25) is 0 Å². The third-order valence-electron chi connectivity index (χ3n) is 5.70. The van der Waals surface area contributed by atoms with Crippen molar-refractivity contribution in [3.63, 3.8) is 0 Å². The number of pyridine rings is 1. The Morgan fingerprint density at radius 2 is 1.87 bits per heavy atom. The zero-order chi connectivity index (χ0) is 21.3. The minimum absolute atomic E-state index is 0.270. The molecule has 0 atom stereocenters. The van der Waals surface area contributed by atoms with Crippen LogP contribution in [-0.2, 0) is 0 Å². The van der Waals surface area contributed by atoms with E-state index < -0.39 is 0 Å². The third-order valence-corrected chi connectivity index (χ3v) is 5.70. The topological polar surface area (TPSA) is 83.6 Å². The fraction of sp³-hybridized carbons (Fsp3) is 0.409. The van der Waals surface area contributed by atoms with E-state index in [9.17, 15) is 4.79 Å². The number of aromatic amines is 1. The van der Waals surface area contributed by atoms with Crippen molar-refractivity contribution in [2.75, 3.05) is 46.3 Å². The van der Waals surface area contributed by atoms with Crippen molar-refractivity contribution in [3.05, 3.63) is 40.7 Å². The first-order valence-corrected chi connectivity index (χ1v) is 10.0. The molecule has 4 rings (SSSR count). The monoisotopic (exact) mass is 409 g/mol. The molecule has 3 aromatic rings. The van der Waals surface area contributed by atoms with Gasteiger partial charge in [-0.1, -0.05) is 6.07 Å². The number of ether oxygens (including phenoxy) is 2. The van der Waals surface area contributed by atoms with Crippen molar-refractivity contribution in [3.8, 4) is 23.0 Å². The van der Waals surface area contributed by atoms with Crippen LogP contribution in [0.4, 0.5) is 5.82 Å². The SMILES string of the molecule is COc1cc(OC)c2c(=O)[nH]c(-c3cccc(N4CCC(N(C)C)CC4)n3)nc2c1. The molecule has 0 spiro atoms. The summed E-state index contributed by atoms with van der Waals surface area (Å²) in [6, 6.07) is 9.82. The molecule has 0 unspecified atom stereocenters. The molecule has 0 aliphatic carbocycles. The first-order chi connectivity index (χ1) is 14.5. The zero-order valence-electron chi connectivity index (χ0n) is 17.8. The number of rotatable bonds is 5. The Labute approximate surface area is 175 Å². The van der Waals surface area contributed by atoms with E-state index >= 15 is 0 Å². The highest BCUT2D eigenvalue weighted by atomic mass is 16.5. The maximum absolute atomic E-state index is 12.8. The summed E-state index contributed by atoms with van der Waals surface area (Å²) in [5.74, 6) is 2.33. The van der Waals surface area contributed by atoms with E-state index in [4.69, 9.17) is 14.5 Å². The van der Waals surface area contributed by atoms with Crippen LogP contribution >= 0.6 is 0 Å². The quantitative estimate of drug-likeness (QED) is 0.693. The Morgan fingerprint density at radius 1 is 1.10 bits per heavy atom. The van der Waals surface area contributed by atoms with Crippen LogP contribution in [-0.4, -0.2) is 67.3 Å². The van der Waals surface area contributed by atoms with Gasteiger partial charge in [0.1, 0.15) is 28.4 Å². The van der Waals surface area contributed by atoms with Crippen LogP contribution in [0.1, 0.15) is 12.8 Å². The van der Waals surface area contributed by atoms with Crippen LogP contribution < -0.4 is 19.9 Å². The lowest BCUT2D eigenvalue weighted by Gasteiger charge is -2.35. The summed E-state index contributed by atoms with van der Waals surface area (Å²) >= 11 is 0. The van der Waals surface area contributed by atoms with Gasteiger partial charge in [0.25, 0.3) is 5.56 Å². The summed E-state index contributed by atoms with van der Waals surface area (Å²) in [6.45, 7) is 1.91. The number of nitrogens with one attached hydrogen (secondary N) is 1. The molecule has 30 heavy (non-hydrogen) atoms. The van der Waals surface area contributed by atoms with E-state index in [2.05, 4.69) is 33.9 Å². The van der Waals surface area contributed by atoms with Crippen LogP contribution in [0, 0.1) is 0 Å². The molecule has 1 fully saturated rings. The number of hydrogen-bond acceptors (Lipinski definition) is 7. The van der Waals surface area contributed by atoms with Gasteiger partial charge in [-0.05, 0) is 39.1 Å². The summed E-state index contributed by atoms with van der Waals surface area (Å²) in [4.78, 5) is 29.6. The fourth-order valence-corrected chi connectivity index (χ4v) is 3.95. The van der Waals surface area contributed by atoms with Crippen molar-refractivity contribution in [2.45, 2.75) is 18.9 Å². The first kappa shape index (κ1) is 20.2. The molecular formula is C22H27N5O3. The molecule has 1 N–H and O–H groups in total.